The second kappa shape index (κ2) is 6.40. The number of nitrogens with zero attached hydrogens (tertiary/aromatic N) is 1. The largest absolute Gasteiger partial charge is 0.454 e. The average molecular weight is 381 g/mol. The maximum atomic E-state index is 12.8. The van der Waals surface area contributed by atoms with E-state index in [4.69, 9.17) is 4.74 Å². The third-order valence-corrected chi connectivity index (χ3v) is 6.00. The van der Waals surface area contributed by atoms with Crippen LogP contribution in [0, 0.1) is 29.1 Å². The second-order valence-corrected chi connectivity index (χ2v) is 8.81. The van der Waals surface area contributed by atoms with Crippen LogP contribution in [0.15, 0.2) is 36.4 Å². The average Bonchev–Trinajstić information content (AvgIpc) is 3.32. The Kier molecular flexibility index (Phi) is 4.25. The SMILES string of the molecule is CC(C)(C)C(=O)COC(=O)c1ccc(N2C(=O)[C@@H]3[C@@H](C2=O)[C@H]2C=C[C@H]3C2)cc1. The molecule has 2 fully saturated rings. The van der Waals surface area contributed by atoms with Crippen molar-refractivity contribution in [2.24, 2.45) is 29.1 Å². The van der Waals surface area contributed by atoms with Crippen molar-refractivity contribution < 1.29 is 23.9 Å². The molecule has 3 aliphatic rings. The molecule has 1 saturated heterocycles. The lowest BCUT2D eigenvalue weighted by atomic mass is 9.85. The number of hydrogen-bond acceptors (Lipinski definition) is 5. The van der Waals surface area contributed by atoms with Crippen LogP contribution in [0.25, 0.3) is 0 Å². The molecule has 0 N–H and O–H groups in total. The van der Waals surface area contributed by atoms with Gasteiger partial charge in [0.25, 0.3) is 0 Å². The number of rotatable bonds is 4. The molecule has 0 spiro atoms. The first-order valence-corrected chi connectivity index (χ1v) is 9.55. The molecule has 1 saturated carbocycles. The second-order valence-electron chi connectivity index (χ2n) is 8.81. The molecule has 1 aromatic carbocycles. The van der Waals surface area contributed by atoms with Gasteiger partial charge in [-0.1, -0.05) is 32.9 Å². The Balaban J connectivity index is 1.45. The first-order chi connectivity index (χ1) is 13.2. The Labute approximate surface area is 163 Å². The van der Waals surface area contributed by atoms with Crippen LogP contribution in [0.2, 0.25) is 0 Å². The number of carbonyl (C=O) groups excluding carboxylic acids is 4. The predicted molar refractivity (Wildman–Crippen MR) is 101 cm³/mol. The monoisotopic (exact) mass is 381 g/mol. The van der Waals surface area contributed by atoms with Gasteiger partial charge < -0.3 is 4.74 Å². The van der Waals surface area contributed by atoms with Gasteiger partial charge in [-0.05, 0) is 42.5 Å². The minimum Gasteiger partial charge on any atom is -0.454 e. The first kappa shape index (κ1) is 18.6. The highest BCUT2D eigenvalue weighted by Crippen LogP contribution is 2.53. The van der Waals surface area contributed by atoms with E-state index in [2.05, 4.69) is 12.2 Å². The van der Waals surface area contributed by atoms with Crippen molar-refractivity contribution in [3.8, 4) is 0 Å². The molecule has 6 heteroatoms. The molecule has 0 radical (unpaired) electrons. The predicted octanol–water partition coefficient (Wildman–Crippen LogP) is 2.77. The summed E-state index contributed by atoms with van der Waals surface area (Å²) in [7, 11) is 0. The third-order valence-electron chi connectivity index (χ3n) is 6.00. The fourth-order valence-electron chi connectivity index (χ4n) is 4.33. The van der Waals surface area contributed by atoms with E-state index in [0.717, 1.165) is 6.42 Å². The number of imide groups is 1. The van der Waals surface area contributed by atoms with Crippen LogP contribution in [-0.2, 0) is 19.1 Å². The Morgan fingerprint density at radius 2 is 1.54 bits per heavy atom. The van der Waals surface area contributed by atoms with E-state index < -0.39 is 11.4 Å². The van der Waals surface area contributed by atoms with Gasteiger partial charge in [-0.2, -0.15) is 0 Å². The third kappa shape index (κ3) is 2.87. The lowest BCUT2D eigenvalue weighted by molar-refractivity contribution is -0.129. The van der Waals surface area contributed by atoms with E-state index in [1.54, 1.807) is 32.9 Å². The molecule has 1 aliphatic heterocycles. The van der Waals surface area contributed by atoms with E-state index in [0.29, 0.717) is 5.69 Å². The van der Waals surface area contributed by atoms with Crippen LogP contribution in [-0.4, -0.2) is 30.2 Å². The van der Waals surface area contributed by atoms with Gasteiger partial charge in [-0.3, -0.25) is 19.3 Å². The summed E-state index contributed by atoms with van der Waals surface area (Å²) in [6.07, 6.45) is 5.00. The maximum absolute atomic E-state index is 12.8. The highest BCUT2D eigenvalue weighted by atomic mass is 16.5. The van der Waals surface area contributed by atoms with Gasteiger partial charge in [-0.15, -0.1) is 0 Å². The molecule has 2 amide bonds. The molecule has 4 rings (SSSR count). The molecule has 2 bridgehead atoms. The number of Topliss-reactive ketones (excluding diaryl/α,β-unsaturated/α-hetero) is 1. The fourth-order valence-corrected chi connectivity index (χ4v) is 4.33. The first-order valence-electron chi connectivity index (χ1n) is 9.55. The zero-order chi connectivity index (χ0) is 20.2. The Morgan fingerprint density at radius 3 is 2.04 bits per heavy atom. The van der Waals surface area contributed by atoms with Crippen molar-refractivity contribution in [1.29, 1.82) is 0 Å². The molecule has 0 aromatic heterocycles. The number of ether oxygens (including phenoxy) is 1. The normalized spacial score (nSPS) is 28.0. The van der Waals surface area contributed by atoms with Gasteiger partial charge in [-0.25, -0.2) is 4.79 Å². The van der Waals surface area contributed by atoms with E-state index in [1.165, 1.54) is 17.0 Å². The van der Waals surface area contributed by atoms with Gasteiger partial charge in [0, 0.05) is 5.41 Å². The number of fused-ring (bicyclic) bond motifs is 5. The Bertz CT molecular complexity index is 862. The number of anilines is 1. The van der Waals surface area contributed by atoms with Crippen molar-refractivity contribution >= 4 is 29.3 Å². The van der Waals surface area contributed by atoms with Crippen LogP contribution < -0.4 is 4.90 Å². The summed E-state index contributed by atoms with van der Waals surface area (Å²) in [5.41, 5.74) is 0.157. The smallest absolute Gasteiger partial charge is 0.338 e. The van der Waals surface area contributed by atoms with Gasteiger partial charge in [0.05, 0.1) is 23.1 Å². The summed E-state index contributed by atoms with van der Waals surface area (Å²) in [4.78, 5) is 50.9. The zero-order valence-electron chi connectivity index (χ0n) is 16.2. The molecule has 4 atom stereocenters. The number of allylic oxidation sites excluding steroid dienone is 2. The number of carbonyl (C=O) groups is 4. The number of benzene rings is 1. The lowest BCUT2D eigenvalue weighted by Gasteiger charge is -2.18. The Hall–Kier alpha value is -2.76. The van der Waals surface area contributed by atoms with E-state index in [-0.39, 0.29) is 53.4 Å². The molecule has 146 valence electrons. The van der Waals surface area contributed by atoms with Gasteiger partial charge in [0.2, 0.25) is 11.8 Å². The maximum Gasteiger partial charge on any atom is 0.338 e. The number of ketones is 1. The quantitative estimate of drug-likeness (QED) is 0.455. The van der Waals surface area contributed by atoms with E-state index in [1.807, 2.05) is 0 Å². The fraction of sp³-hybridized carbons (Fsp3) is 0.455. The van der Waals surface area contributed by atoms with Crippen LogP contribution in [0.1, 0.15) is 37.6 Å². The van der Waals surface area contributed by atoms with Crippen LogP contribution in [0.4, 0.5) is 5.69 Å². The lowest BCUT2D eigenvalue weighted by Crippen LogP contribution is -2.32. The van der Waals surface area contributed by atoms with Crippen molar-refractivity contribution in [2.75, 3.05) is 11.5 Å². The van der Waals surface area contributed by atoms with Crippen molar-refractivity contribution in [1.82, 2.24) is 0 Å². The summed E-state index contributed by atoms with van der Waals surface area (Å²) < 4.78 is 5.08. The van der Waals surface area contributed by atoms with E-state index >= 15 is 0 Å². The van der Waals surface area contributed by atoms with Crippen molar-refractivity contribution in [3.05, 3.63) is 42.0 Å². The van der Waals surface area contributed by atoms with Crippen LogP contribution >= 0.6 is 0 Å². The van der Waals surface area contributed by atoms with Gasteiger partial charge >= 0.3 is 5.97 Å². The molecular weight excluding hydrogens is 358 g/mol. The van der Waals surface area contributed by atoms with E-state index in [9.17, 15) is 19.2 Å². The number of hydrogen-bond donors (Lipinski definition) is 0. The molecule has 1 aromatic rings. The highest BCUT2D eigenvalue weighted by molar-refractivity contribution is 6.22. The number of amides is 2. The van der Waals surface area contributed by atoms with Gasteiger partial charge in [0.1, 0.15) is 0 Å². The number of esters is 1. The molecule has 28 heavy (non-hydrogen) atoms. The van der Waals surface area contributed by atoms with Crippen molar-refractivity contribution in [2.45, 2.75) is 27.2 Å². The minimum absolute atomic E-state index is 0.155. The zero-order valence-corrected chi connectivity index (χ0v) is 16.2. The molecule has 2 aliphatic carbocycles. The summed E-state index contributed by atoms with van der Waals surface area (Å²) in [5.74, 6) is -1.28. The summed E-state index contributed by atoms with van der Waals surface area (Å²) >= 11 is 0. The summed E-state index contributed by atoms with van der Waals surface area (Å²) in [5, 5.41) is 0. The summed E-state index contributed by atoms with van der Waals surface area (Å²) in [6, 6.07) is 6.18. The van der Waals surface area contributed by atoms with Crippen LogP contribution in [0.5, 0.6) is 0 Å². The minimum atomic E-state index is -0.609. The molecule has 1 heterocycles. The van der Waals surface area contributed by atoms with Crippen molar-refractivity contribution in [3.63, 3.8) is 0 Å². The topological polar surface area (TPSA) is 80.8 Å². The summed E-state index contributed by atoms with van der Waals surface area (Å²) in [6.45, 7) is 5.00. The van der Waals surface area contributed by atoms with Crippen LogP contribution in [0.3, 0.4) is 0 Å². The molecule has 0 unspecified atom stereocenters. The van der Waals surface area contributed by atoms with Gasteiger partial charge in [0.15, 0.2) is 12.4 Å². The standard InChI is InChI=1S/C22H23NO5/c1-22(2,3)16(24)11-28-21(27)12-6-8-15(9-7-12)23-19(25)17-13-4-5-14(10-13)18(17)20(23)26/h4-9,13-14,17-18H,10-11H2,1-3H3/t13-,14-,17-,18-/m0/s1. The molecular formula is C22H23NO5. The highest BCUT2D eigenvalue weighted by Gasteiger charge is 2.59. The molecule has 6 nitrogen and oxygen atoms in total. The Morgan fingerprint density at radius 1 is 1.00 bits per heavy atom.